The van der Waals surface area contributed by atoms with Crippen LogP contribution in [0.5, 0.6) is 0 Å². The van der Waals surface area contributed by atoms with Gasteiger partial charge in [0, 0.05) is 18.4 Å². The molecule has 0 aromatic carbocycles. The first-order valence-corrected chi connectivity index (χ1v) is 7.47. The third kappa shape index (κ3) is 2.54. The van der Waals surface area contributed by atoms with Crippen molar-refractivity contribution in [3.8, 4) is 0 Å². The van der Waals surface area contributed by atoms with Gasteiger partial charge < -0.3 is 4.90 Å². The van der Waals surface area contributed by atoms with Crippen LogP contribution in [0.3, 0.4) is 0 Å². The predicted molar refractivity (Wildman–Crippen MR) is 76.8 cm³/mol. The van der Waals surface area contributed by atoms with Crippen molar-refractivity contribution >= 4 is 30.4 Å². The normalized spacial score (nSPS) is 15.9. The van der Waals surface area contributed by atoms with Crippen molar-refractivity contribution in [3.05, 3.63) is 18.2 Å². The van der Waals surface area contributed by atoms with Gasteiger partial charge in [0.05, 0.1) is 11.8 Å². The molecular formula is C13H18N3OP. The van der Waals surface area contributed by atoms with Crippen molar-refractivity contribution in [2.24, 2.45) is 0 Å². The lowest BCUT2D eigenvalue weighted by Crippen LogP contribution is -2.36. The summed E-state index contributed by atoms with van der Waals surface area (Å²) >= 11 is 0. The van der Waals surface area contributed by atoms with Crippen LogP contribution < -0.4 is 4.90 Å². The first-order chi connectivity index (χ1) is 8.84. The fourth-order valence-electron chi connectivity index (χ4n) is 2.13. The average molecular weight is 263 g/mol. The maximum absolute atomic E-state index is 11.4. The molecular weight excluding hydrogens is 245 g/mol. The molecule has 4 nitrogen and oxygen atoms in total. The Labute approximate surface area is 109 Å². The van der Waals surface area contributed by atoms with Gasteiger partial charge in [0.1, 0.15) is 12.1 Å². The van der Waals surface area contributed by atoms with Crippen molar-refractivity contribution in [2.75, 3.05) is 18.0 Å². The largest absolute Gasteiger partial charge is 0.349 e. The number of hydrogen-bond acceptors (Lipinski definition) is 4. The van der Waals surface area contributed by atoms with Crippen molar-refractivity contribution < 1.29 is 4.79 Å². The van der Waals surface area contributed by atoms with E-state index in [2.05, 4.69) is 26.7 Å². The van der Waals surface area contributed by atoms with Crippen LogP contribution in [-0.4, -0.2) is 28.8 Å². The molecule has 2 aromatic rings. The van der Waals surface area contributed by atoms with E-state index in [9.17, 15) is 4.79 Å². The molecule has 1 fully saturated rings. The zero-order valence-electron chi connectivity index (χ0n) is 10.8. The zero-order valence-corrected chi connectivity index (χ0v) is 11.8. The Morgan fingerprint density at radius 3 is 2.94 bits per heavy atom. The second-order valence-electron chi connectivity index (χ2n) is 4.00. The van der Waals surface area contributed by atoms with E-state index in [4.69, 9.17) is 0 Å². The monoisotopic (exact) mass is 263 g/mol. The number of Topliss-reactive ketones (excluding diaryl/α,β-unsaturated/α-hetero) is 1. The fraction of sp³-hybridized carbons (Fsp3) is 0.462. The van der Waals surface area contributed by atoms with Gasteiger partial charge in [-0.05, 0) is 18.3 Å². The highest BCUT2D eigenvalue weighted by molar-refractivity contribution is 7.36. The van der Waals surface area contributed by atoms with E-state index >= 15 is 0 Å². The van der Waals surface area contributed by atoms with Gasteiger partial charge in [-0.1, -0.05) is 13.8 Å². The highest BCUT2D eigenvalue weighted by Gasteiger charge is 2.19. The van der Waals surface area contributed by atoms with Gasteiger partial charge in [0.2, 0.25) is 0 Å². The SMILES string of the molecule is CC.O=C1CCCN(c2ncnc3[pH]ccc23)C1. The number of hydrogen-bond donors (Lipinski definition) is 0. The highest BCUT2D eigenvalue weighted by Crippen LogP contribution is 2.30. The van der Waals surface area contributed by atoms with Crippen molar-refractivity contribution in [3.63, 3.8) is 0 Å². The Morgan fingerprint density at radius 1 is 1.33 bits per heavy atom. The molecule has 1 unspecified atom stereocenters. The van der Waals surface area contributed by atoms with Gasteiger partial charge in [-0.2, -0.15) is 0 Å². The van der Waals surface area contributed by atoms with E-state index in [-0.39, 0.29) is 0 Å². The summed E-state index contributed by atoms with van der Waals surface area (Å²) in [7, 11) is 0.641. The summed E-state index contributed by atoms with van der Waals surface area (Å²) < 4.78 is 0. The first-order valence-electron chi connectivity index (χ1n) is 6.39. The van der Waals surface area contributed by atoms with Crippen LogP contribution in [0.25, 0.3) is 10.6 Å². The van der Waals surface area contributed by atoms with Gasteiger partial charge in [-0.3, -0.25) is 4.79 Å². The van der Waals surface area contributed by atoms with Crippen LogP contribution in [0.1, 0.15) is 26.7 Å². The topological polar surface area (TPSA) is 46.1 Å². The molecule has 1 aliphatic heterocycles. The Balaban J connectivity index is 0.000000574. The van der Waals surface area contributed by atoms with Crippen LogP contribution >= 0.6 is 8.19 Å². The van der Waals surface area contributed by atoms with E-state index in [0.717, 1.165) is 29.4 Å². The predicted octanol–water partition coefficient (Wildman–Crippen LogP) is 2.86. The lowest BCUT2D eigenvalue weighted by Gasteiger charge is -2.27. The summed E-state index contributed by atoms with van der Waals surface area (Å²) in [6.07, 6.45) is 3.25. The Kier molecular flexibility index (Phi) is 4.32. The maximum atomic E-state index is 11.4. The van der Waals surface area contributed by atoms with Gasteiger partial charge in [-0.25, -0.2) is 9.97 Å². The number of carbonyl (C=O) groups excluding carboxylic acids is 1. The van der Waals surface area contributed by atoms with E-state index in [1.54, 1.807) is 6.33 Å². The molecule has 1 saturated heterocycles. The summed E-state index contributed by atoms with van der Waals surface area (Å²) in [5, 5.41) is 2.21. The average Bonchev–Trinajstić information content (AvgIpc) is 2.89. The smallest absolute Gasteiger partial charge is 0.152 e. The minimum Gasteiger partial charge on any atom is -0.349 e. The quantitative estimate of drug-likeness (QED) is 0.793. The van der Waals surface area contributed by atoms with Crippen LogP contribution in [0.2, 0.25) is 0 Å². The molecule has 0 N–H and O–H groups in total. The lowest BCUT2D eigenvalue weighted by atomic mass is 10.1. The number of carbonyl (C=O) groups is 1. The first kappa shape index (κ1) is 13.0. The van der Waals surface area contributed by atoms with Crippen molar-refractivity contribution in [1.82, 2.24) is 9.97 Å². The van der Waals surface area contributed by atoms with Gasteiger partial charge in [0.25, 0.3) is 0 Å². The second kappa shape index (κ2) is 5.96. The van der Waals surface area contributed by atoms with Crippen LogP contribution in [0, 0.1) is 0 Å². The molecule has 0 amide bonds. The molecule has 96 valence electrons. The van der Waals surface area contributed by atoms with Gasteiger partial charge >= 0.3 is 0 Å². The number of ketones is 1. The summed E-state index contributed by atoms with van der Waals surface area (Å²) in [5.74, 6) is 3.36. The highest BCUT2D eigenvalue weighted by atomic mass is 31.0. The zero-order chi connectivity index (χ0) is 13.0. The molecule has 1 aliphatic rings. The number of piperidine rings is 1. The number of fused-ring (bicyclic) bond motifs is 1. The van der Waals surface area contributed by atoms with E-state index in [1.165, 1.54) is 0 Å². The number of rotatable bonds is 1. The fourth-order valence-corrected chi connectivity index (χ4v) is 3.02. The Bertz CT molecular complexity index is 538. The third-order valence-electron chi connectivity index (χ3n) is 2.88. The molecule has 2 aromatic heterocycles. The maximum Gasteiger partial charge on any atom is 0.152 e. The number of aromatic nitrogens is 2. The van der Waals surface area contributed by atoms with Crippen LogP contribution in [0.4, 0.5) is 5.82 Å². The minimum atomic E-state index is 0.308. The summed E-state index contributed by atoms with van der Waals surface area (Å²) in [5.41, 5.74) is 0. The number of anilines is 1. The summed E-state index contributed by atoms with van der Waals surface area (Å²) in [6, 6.07) is 2.07. The molecule has 0 radical (unpaired) electrons. The van der Waals surface area contributed by atoms with Crippen LogP contribution in [-0.2, 0) is 4.79 Å². The van der Waals surface area contributed by atoms with Crippen molar-refractivity contribution in [1.29, 1.82) is 0 Å². The molecule has 1 atom stereocenters. The summed E-state index contributed by atoms with van der Waals surface area (Å²) in [6.45, 7) is 5.42. The molecule has 3 rings (SSSR count). The van der Waals surface area contributed by atoms with E-state index < -0.39 is 0 Å². The molecule has 18 heavy (non-hydrogen) atoms. The van der Waals surface area contributed by atoms with E-state index in [1.807, 2.05) is 13.8 Å². The second-order valence-corrected chi connectivity index (χ2v) is 5.10. The van der Waals surface area contributed by atoms with Crippen molar-refractivity contribution in [2.45, 2.75) is 26.7 Å². The molecule has 0 saturated carbocycles. The Morgan fingerprint density at radius 2 is 2.17 bits per heavy atom. The Hall–Kier alpha value is -1.41. The van der Waals surface area contributed by atoms with E-state index in [0.29, 0.717) is 26.9 Å². The standard InChI is InChI=1S/C11H12N3OP.C2H6/c15-8-2-1-4-14(6-8)10-9-3-5-16-11(9)13-7-12-10;1-2/h3,5,7,16H,1-2,4,6H2;1-2H3. The van der Waals surface area contributed by atoms with Gasteiger partial charge in [-0.15, -0.1) is 8.19 Å². The molecule has 0 spiro atoms. The minimum absolute atomic E-state index is 0.308. The molecule has 0 aliphatic carbocycles. The van der Waals surface area contributed by atoms with Crippen LogP contribution in [0.15, 0.2) is 18.2 Å². The lowest BCUT2D eigenvalue weighted by molar-refractivity contribution is -0.118. The molecule has 5 heteroatoms. The third-order valence-corrected chi connectivity index (χ3v) is 3.89. The molecule has 3 heterocycles. The number of nitrogens with zero attached hydrogens (tertiary/aromatic N) is 3. The van der Waals surface area contributed by atoms with Gasteiger partial charge in [0.15, 0.2) is 5.78 Å². The molecule has 0 bridgehead atoms. The summed E-state index contributed by atoms with van der Waals surface area (Å²) in [4.78, 5) is 22.1.